The van der Waals surface area contributed by atoms with Crippen molar-refractivity contribution in [2.24, 2.45) is 5.92 Å². The highest BCUT2D eigenvalue weighted by Crippen LogP contribution is 2.11. The van der Waals surface area contributed by atoms with Crippen molar-refractivity contribution >= 4 is 15.9 Å². The molecule has 0 bridgehead atoms. The molecule has 1 aromatic rings. The predicted molar refractivity (Wildman–Crippen MR) is 59.1 cm³/mol. The molecule has 0 aliphatic rings. The second-order valence-corrected chi connectivity index (χ2v) is 4.22. The Bertz CT molecular complexity index is 313. The van der Waals surface area contributed by atoms with Gasteiger partial charge < -0.3 is 4.57 Å². The normalized spacial score (nSPS) is 12.4. The van der Waals surface area contributed by atoms with E-state index in [1.165, 1.54) is 6.42 Å². The molecule has 1 rings (SSSR count). The zero-order chi connectivity index (χ0) is 10.4. The van der Waals surface area contributed by atoms with Crippen LogP contribution in [0.1, 0.15) is 25.6 Å². The zero-order valence-electron chi connectivity index (χ0n) is 8.28. The number of imidazole rings is 1. The molecule has 0 N–H and O–H groups in total. The minimum Gasteiger partial charge on any atom is -0.323 e. The van der Waals surface area contributed by atoms with Crippen LogP contribution >= 0.6 is 15.9 Å². The van der Waals surface area contributed by atoms with Crippen LogP contribution in [0.5, 0.6) is 0 Å². The molecule has 0 amide bonds. The predicted octanol–water partition coefficient (Wildman–Crippen LogP) is 2.57. The SMILES string of the molecule is CC(CCBr)CCn1ccnc1C#N. The highest BCUT2D eigenvalue weighted by atomic mass is 79.9. The van der Waals surface area contributed by atoms with E-state index in [4.69, 9.17) is 5.26 Å². The van der Waals surface area contributed by atoms with E-state index in [1.807, 2.05) is 10.8 Å². The third-order valence-corrected chi connectivity index (χ3v) is 2.74. The van der Waals surface area contributed by atoms with Gasteiger partial charge >= 0.3 is 0 Å². The van der Waals surface area contributed by atoms with Gasteiger partial charge in [-0.3, -0.25) is 0 Å². The molecule has 1 aromatic heterocycles. The van der Waals surface area contributed by atoms with E-state index in [1.54, 1.807) is 6.20 Å². The summed E-state index contributed by atoms with van der Waals surface area (Å²) in [6.07, 6.45) is 5.81. The molecule has 0 radical (unpaired) electrons. The van der Waals surface area contributed by atoms with Crippen molar-refractivity contribution in [1.82, 2.24) is 9.55 Å². The Hall–Kier alpha value is -0.820. The second-order valence-electron chi connectivity index (χ2n) is 3.43. The molecule has 3 nitrogen and oxygen atoms in total. The maximum absolute atomic E-state index is 8.74. The topological polar surface area (TPSA) is 41.6 Å². The lowest BCUT2D eigenvalue weighted by Gasteiger charge is -2.09. The fourth-order valence-electron chi connectivity index (χ4n) is 1.29. The molecule has 4 heteroatoms. The van der Waals surface area contributed by atoms with Gasteiger partial charge in [0.2, 0.25) is 5.82 Å². The van der Waals surface area contributed by atoms with Crippen LogP contribution in [-0.4, -0.2) is 14.9 Å². The van der Waals surface area contributed by atoms with Crippen molar-refractivity contribution in [2.45, 2.75) is 26.3 Å². The van der Waals surface area contributed by atoms with E-state index < -0.39 is 0 Å². The Morgan fingerprint density at radius 1 is 1.64 bits per heavy atom. The molecular weight excluding hydrogens is 242 g/mol. The Morgan fingerprint density at radius 3 is 3.07 bits per heavy atom. The first kappa shape index (κ1) is 11.3. The Balaban J connectivity index is 2.42. The number of nitriles is 1. The molecule has 0 spiro atoms. The Morgan fingerprint density at radius 2 is 2.43 bits per heavy atom. The van der Waals surface area contributed by atoms with Crippen molar-refractivity contribution in [3.63, 3.8) is 0 Å². The minimum atomic E-state index is 0.510. The average Bonchev–Trinajstić information content (AvgIpc) is 2.62. The third-order valence-electron chi connectivity index (χ3n) is 2.28. The van der Waals surface area contributed by atoms with Crippen LogP contribution in [0, 0.1) is 17.2 Å². The molecule has 1 atom stereocenters. The van der Waals surface area contributed by atoms with Crippen LogP contribution in [0.4, 0.5) is 0 Å². The standard InChI is InChI=1S/C10H14BrN3/c1-9(2-4-11)3-6-14-7-5-13-10(14)8-12/h5,7,9H,2-4,6H2,1H3. The number of hydrogen-bond donors (Lipinski definition) is 0. The van der Waals surface area contributed by atoms with Gasteiger partial charge in [-0.05, 0) is 18.8 Å². The molecule has 0 saturated heterocycles. The maximum atomic E-state index is 8.74. The maximum Gasteiger partial charge on any atom is 0.212 e. The molecule has 0 fully saturated rings. The molecule has 0 aliphatic carbocycles. The first-order chi connectivity index (χ1) is 6.77. The number of alkyl halides is 1. The summed E-state index contributed by atoms with van der Waals surface area (Å²) in [5, 5.41) is 9.78. The van der Waals surface area contributed by atoms with Crippen LogP contribution in [0.15, 0.2) is 12.4 Å². The van der Waals surface area contributed by atoms with Gasteiger partial charge in [0.25, 0.3) is 0 Å². The van der Waals surface area contributed by atoms with Crippen molar-refractivity contribution < 1.29 is 0 Å². The Kier molecular flexibility index (Phi) is 4.68. The smallest absolute Gasteiger partial charge is 0.212 e. The van der Waals surface area contributed by atoms with Gasteiger partial charge in [-0.1, -0.05) is 22.9 Å². The van der Waals surface area contributed by atoms with Crippen molar-refractivity contribution in [3.8, 4) is 6.07 Å². The number of halogens is 1. The quantitative estimate of drug-likeness (QED) is 0.760. The third kappa shape index (κ3) is 3.15. The molecule has 1 unspecified atom stereocenters. The fraction of sp³-hybridized carbons (Fsp3) is 0.600. The largest absolute Gasteiger partial charge is 0.323 e. The fourth-order valence-corrected chi connectivity index (χ4v) is 2.07. The lowest BCUT2D eigenvalue weighted by atomic mass is 10.1. The summed E-state index contributed by atoms with van der Waals surface area (Å²) >= 11 is 3.43. The monoisotopic (exact) mass is 255 g/mol. The molecule has 0 saturated carbocycles. The summed E-state index contributed by atoms with van der Waals surface area (Å²) in [7, 11) is 0. The summed E-state index contributed by atoms with van der Waals surface area (Å²) < 4.78 is 1.91. The van der Waals surface area contributed by atoms with E-state index in [-0.39, 0.29) is 0 Å². The van der Waals surface area contributed by atoms with Crippen LogP contribution in [0.2, 0.25) is 0 Å². The number of nitrogens with zero attached hydrogens (tertiary/aromatic N) is 3. The van der Waals surface area contributed by atoms with Gasteiger partial charge in [0.15, 0.2) is 0 Å². The van der Waals surface area contributed by atoms with Crippen molar-refractivity contribution in [3.05, 3.63) is 18.2 Å². The second kappa shape index (κ2) is 5.82. The van der Waals surface area contributed by atoms with E-state index in [9.17, 15) is 0 Å². The zero-order valence-corrected chi connectivity index (χ0v) is 9.87. The summed E-state index contributed by atoms with van der Waals surface area (Å²) in [5.41, 5.74) is 0. The number of rotatable bonds is 5. The van der Waals surface area contributed by atoms with Crippen molar-refractivity contribution in [1.29, 1.82) is 5.26 Å². The first-order valence-corrected chi connectivity index (χ1v) is 5.87. The molecular formula is C10H14BrN3. The van der Waals surface area contributed by atoms with Crippen LogP contribution in [0.3, 0.4) is 0 Å². The van der Waals surface area contributed by atoms with Gasteiger partial charge in [-0.2, -0.15) is 5.26 Å². The lowest BCUT2D eigenvalue weighted by molar-refractivity contribution is 0.470. The molecule has 0 aromatic carbocycles. The number of hydrogen-bond acceptors (Lipinski definition) is 2. The van der Waals surface area contributed by atoms with Gasteiger partial charge in [0.05, 0.1) is 0 Å². The van der Waals surface area contributed by atoms with Crippen molar-refractivity contribution in [2.75, 3.05) is 5.33 Å². The van der Waals surface area contributed by atoms with E-state index >= 15 is 0 Å². The summed E-state index contributed by atoms with van der Waals surface area (Å²) in [6.45, 7) is 3.11. The molecule has 1 heterocycles. The Labute approximate surface area is 92.9 Å². The van der Waals surface area contributed by atoms with Gasteiger partial charge in [-0.15, -0.1) is 0 Å². The van der Waals surface area contributed by atoms with Gasteiger partial charge in [0.1, 0.15) is 6.07 Å². The molecule has 0 aliphatic heterocycles. The lowest BCUT2D eigenvalue weighted by Crippen LogP contribution is -2.05. The number of aryl methyl sites for hydroxylation is 1. The summed E-state index contributed by atoms with van der Waals surface area (Å²) in [6, 6.07) is 2.07. The van der Waals surface area contributed by atoms with Crippen LogP contribution < -0.4 is 0 Å². The van der Waals surface area contributed by atoms with Gasteiger partial charge in [0, 0.05) is 24.3 Å². The van der Waals surface area contributed by atoms with Crippen LogP contribution in [-0.2, 0) is 6.54 Å². The minimum absolute atomic E-state index is 0.510. The van der Waals surface area contributed by atoms with E-state index in [0.29, 0.717) is 11.7 Å². The highest BCUT2D eigenvalue weighted by Gasteiger charge is 2.04. The molecule has 76 valence electrons. The average molecular weight is 256 g/mol. The molecule has 14 heavy (non-hydrogen) atoms. The van der Waals surface area contributed by atoms with Crippen LogP contribution in [0.25, 0.3) is 0 Å². The first-order valence-electron chi connectivity index (χ1n) is 4.75. The summed E-state index contributed by atoms with van der Waals surface area (Å²) in [4.78, 5) is 3.95. The number of aromatic nitrogens is 2. The van der Waals surface area contributed by atoms with E-state index in [0.717, 1.165) is 18.3 Å². The summed E-state index contributed by atoms with van der Waals surface area (Å²) in [5.74, 6) is 1.19. The highest BCUT2D eigenvalue weighted by molar-refractivity contribution is 9.09. The van der Waals surface area contributed by atoms with E-state index in [2.05, 4.69) is 33.9 Å². The van der Waals surface area contributed by atoms with Gasteiger partial charge in [-0.25, -0.2) is 4.98 Å².